The third kappa shape index (κ3) is 3.93. The van der Waals surface area contributed by atoms with Crippen LogP contribution in [0.25, 0.3) is 10.8 Å². The van der Waals surface area contributed by atoms with Gasteiger partial charge in [0.25, 0.3) is 5.91 Å². The Kier molecular flexibility index (Phi) is 5.41. The number of anilines is 2. The molecule has 7 heteroatoms. The van der Waals surface area contributed by atoms with Crippen LogP contribution in [-0.4, -0.2) is 54.2 Å². The molecule has 144 valence electrons. The third-order valence-electron chi connectivity index (χ3n) is 4.98. The number of benzene rings is 2. The van der Waals surface area contributed by atoms with E-state index in [1.165, 1.54) is 0 Å². The molecular weight excluding hydrogens is 374 g/mol. The van der Waals surface area contributed by atoms with Crippen molar-refractivity contribution in [2.75, 3.05) is 43.4 Å². The lowest BCUT2D eigenvalue weighted by Gasteiger charge is -2.23. The Labute approximate surface area is 169 Å². The van der Waals surface area contributed by atoms with Crippen molar-refractivity contribution >= 4 is 39.8 Å². The first-order valence-corrected chi connectivity index (χ1v) is 9.75. The van der Waals surface area contributed by atoms with Crippen LogP contribution in [0.15, 0.2) is 48.5 Å². The fourth-order valence-corrected chi connectivity index (χ4v) is 3.70. The fourth-order valence-electron chi connectivity index (χ4n) is 3.51. The van der Waals surface area contributed by atoms with Crippen LogP contribution in [0.2, 0.25) is 5.02 Å². The van der Waals surface area contributed by atoms with E-state index in [1.54, 1.807) is 24.3 Å². The Balaban J connectivity index is 1.68. The van der Waals surface area contributed by atoms with Crippen molar-refractivity contribution in [1.82, 2.24) is 15.1 Å². The van der Waals surface area contributed by atoms with Crippen LogP contribution in [0.4, 0.5) is 11.5 Å². The third-order valence-corrected chi connectivity index (χ3v) is 5.22. The van der Waals surface area contributed by atoms with Gasteiger partial charge < -0.3 is 15.1 Å². The van der Waals surface area contributed by atoms with Gasteiger partial charge in [-0.2, -0.15) is 0 Å². The minimum absolute atomic E-state index is 0.298. The highest BCUT2D eigenvalue weighted by Crippen LogP contribution is 2.27. The van der Waals surface area contributed by atoms with Crippen molar-refractivity contribution in [3.63, 3.8) is 0 Å². The molecule has 0 unspecified atom stereocenters. The van der Waals surface area contributed by atoms with Crippen molar-refractivity contribution in [1.29, 1.82) is 0 Å². The molecule has 2 aromatic carbocycles. The SMILES string of the molecule is CN1CCCN(c2nnc(C(=O)Nc3cccc(Cl)c3)c3ccccc23)CC1. The van der Waals surface area contributed by atoms with Crippen molar-refractivity contribution in [3.05, 3.63) is 59.2 Å². The molecule has 0 atom stereocenters. The first-order valence-electron chi connectivity index (χ1n) is 9.37. The van der Waals surface area contributed by atoms with E-state index in [0.29, 0.717) is 16.4 Å². The van der Waals surface area contributed by atoms with Crippen molar-refractivity contribution < 1.29 is 4.79 Å². The number of halogens is 1. The molecule has 6 nitrogen and oxygen atoms in total. The van der Waals surface area contributed by atoms with Gasteiger partial charge in [0.2, 0.25) is 0 Å². The maximum Gasteiger partial charge on any atom is 0.276 e. The lowest BCUT2D eigenvalue weighted by Crippen LogP contribution is -2.30. The summed E-state index contributed by atoms with van der Waals surface area (Å²) >= 11 is 6.01. The zero-order valence-corrected chi connectivity index (χ0v) is 16.5. The number of rotatable bonds is 3. The fraction of sp³-hybridized carbons (Fsp3) is 0.286. The molecule has 1 N–H and O–H groups in total. The highest BCUT2D eigenvalue weighted by atomic mass is 35.5. The maximum absolute atomic E-state index is 12.8. The monoisotopic (exact) mass is 395 g/mol. The number of aromatic nitrogens is 2. The largest absolute Gasteiger partial charge is 0.353 e. The molecule has 0 aliphatic carbocycles. The van der Waals surface area contributed by atoms with Crippen LogP contribution in [0.5, 0.6) is 0 Å². The Bertz CT molecular complexity index is 1010. The summed E-state index contributed by atoms with van der Waals surface area (Å²) in [6.45, 7) is 3.87. The number of carbonyl (C=O) groups is 1. The maximum atomic E-state index is 12.8. The normalized spacial score (nSPS) is 15.4. The van der Waals surface area contributed by atoms with Crippen LogP contribution < -0.4 is 10.2 Å². The number of carbonyl (C=O) groups excluding carboxylic acids is 1. The second-order valence-electron chi connectivity index (χ2n) is 7.03. The second kappa shape index (κ2) is 8.12. The molecule has 1 amide bonds. The molecule has 1 aliphatic rings. The van der Waals surface area contributed by atoms with Crippen molar-refractivity contribution in [2.24, 2.45) is 0 Å². The summed E-state index contributed by atoms with van der Waals surface area (Å²) in [6, 6.07) is 14.9. The van der Waals surface area contributed by atoms with Crippen molar-refractivity contribution in [3.8, 4) is 0 Å². The molecule has 0 bridgehead atoms. The average Bonchev–Trinajstić information content (AvgIpc) is 2.91. The smallest absolute Gasteiger partial charge is 0.276 e. The van der Waals surface area contributed by atoms with Crippen LogP contribution in [0.3, 0.4) is 0 Å². The molecule has 1 fully saturated rings. The van der Waals surface area contributed by atoms with E-state index in [2.05, 4.69) is 32.4 Å². The number of nitrogens with zero attached hydrogens (tertiary/aromatic N) is 4. The number of nitrogens with one attached hydrogen (secondary N) is 1. The molecule has 2 heterocycles. The summed E-state index contributed by atoms with van der Waals surface area (Å²) in [4.78, 5) is 17.4. The summed E-state index contributed by atoms with van der Waals surface area (Å²) < 4.78 is 0. The van der Waals surface area contributed by atoms with Gasteiger partial charge in [-0.05, 0) is 38.2 Å². The number of hydrogen-bond acceptors (Lipinski definition) is 5. The molecule has 0 saturated carbocycles. The van der Waals surface area contributed by atoms with Gasteiger partial charge in [-0.1, -0.05) is 41.9 Å². The quantitative estimate of drug-likeness (QED) is 0.733. The van der Waals surface area contributed by atoms with Gasteiger partial charge in [0.1, 0.15) is 0 Å². The van der Waals surface area contributed by atoms with E-state index in [0.717, 1.165) is 49.2 Å². The number of hydrogen-bond donors (Lipinski definition) is 1. The van der Waals surface area contributed by atoms with Gasteiger partial charge in [-0.25, -0.2) is 0 Å². The Morgan fingerprint density at radius 3 is 2.64 bits per heavy atom. The predicted molar refractivity (Wildman–Crippen MR) is 113 cm³/mol. The topological polar surface area (TPSA) is 61.4 Å². The molecule has 0 spiro atoms. The van der Waals surface area contributed by atoms with Crippen LogP contribution in [0, 0.1) is 0 Å². The van der Waals surface area contributed by atoms with Gasteiger partial charge in [0.15, 0.2) is 11.5 Å². The highest BCUT2D eigenvalue weighted by molar-refractivity contribution is 6.31. The minimum Gasteiger partial charge on any atom is -0.353 e. The van der Waals surface area contributed by atoms with E-state index >= 15 is 0 Å². The molecule has 1 aliphatic heterocycles. The van der Waals surface area contributed by atoms with E-state index in [1.807, 2.05) is 24.3 Å². The van der Waals surface area contributed by atoms with Crippen LogP contribution in [-0.2, 0) is 0 Å². The summed E-state index contributed by atoms with van der Waals surface area (Å²) in [6.07, 6.45) is 1.07. The van der Waals surface area contributed by atoms with E-state index in [-0.39, 0.29) is 5.91 Å². The number of amides is 1. The van der Waals surface area contributed by atoms with Gasteiger partial charge in [0.05, 0.1) is 0 Å². The first kappa shape index (κ1) is 18.7. The second-order valence-corrected chi connectivity index (χ2v) is 7.46. The summed E-state index contributed by atoms with van der Waals surface area (Å²) in [5, 5.41) is 13.9. The lowest BCUT2D eigenvalue weighted by molar-refractivity contribution is 0.102. The zero-order chi connectivity index (χ0) is 19.5. The average molecular weight is 396 g/mol. The van der Waals surface area contributed by atoms with E-state index in [9.17, 15) is 4.79 Å². The molecule has 4 rings (SSSR count). The summed E-state index contributed by atoms with van der Waals surface area (Å²) in [7, 11) is 2.14. The Morgan fingerprint density at radius 2 is 1.82 bits per heavy atom. The van der Waals surface area contributed by atoms with E-state index < -0.39 is 0 Å². The van der Waals surface area contributed by atoms with Crippen LogP contribution >= 0.6 is 11.6 Å². The molecule has 28 heavy (non-hydrogen) atoms. The first-order chi connectivity index (χ1) is 13.6. The Hall–Kier alpha value is -2.70. The minimum atomic E-state index is -0.298. The highest BCUT2D eigenvalue weighted by Gasteiger charge is 2.20. The number of likely N-dealkylation sites (N-methyl/N-ethyl adjacent to an activating group) is 1. The predicted octanol–water partition coefficient (Wildman–Crippen LogP) is 3.68. The molecular formula is C21H22ClN5O. The van der Waals surface area contributed by atoms with Gasteiger partial charge in [0, 0.05) is 41.1 Å². The zero-order valence-electron chi connectivity index (χ0n) is 15.7. The van der Waals surface area contributed by atoms with Gasteiger partial charge in [-0.3, -0.25) is 4.79 Å². The van der Waals surface area contributed by atoms with E-state index in [4.69, 9.17) is 11.6 Å². The van der Waals surface area contributed by atoms with Gasteiger partial charge in [-0.15, -0.1) is 10.2 Å². The molecule has 1 aromatic heterocycles. The van der Waals surface area contributed by atoms with Gasteiger partial charge >= 0.3 is 0 Å². The molecule has 3 aromatic rings. The number of fused-ring (bicyclic) bond motifs is 1. The summed E-state index contributed by atoms with van der Waals surface area (Å²) in [5.41, 5.74) is 0.939. The Morgan fingerprint density at radius 1 is 1.00 bits per heavy atom. The summed E-state index contributed by atoms with van der Waals surface area (Å²) in [5.74, 6) is 0.540. The molecule has 0 radical (unpaired) electrons. The standard InChI is InChI=1S/C21H22ClN5O/c1-26-10-5-11-27(13-12-26)20-18-9-3-2-8-17(18)19(24-25-20)21(28)23-16-7-4-6-15(22)14-16/h2-4,6-9,14H,5,10-13H2,1H3,(H,23,28). The molecule has 1 saturated heterocycles. The van der Waals surface area contributed by atoms with Crippen LogP contribution in [0.1, 0.15) is 16.9 Å². The van der Waals surface area contributed by atoms with Crippen molar-refractivity contribution in [2.45, 2.75) is 6.42 Å². The lowest BCUT2D eigenvalue weighted by atomic mass is 10.1.